The summed E-state index contributed by atoms with van der Waals surface area (Å²) in [5.41, 5.74) is 4.18. The van der Waals surface area contributed by atoms with Gasteiger partial charge in [-0.15, -0.1) is 0 Å². The van der Waals surface area contributed by atoms with Crippen molar-refractivity contribution in [3.8, 4) is 11.5 Å². The van der Waals surface area contributed by atoms with E-state index in [0.29, 0.717) is 40.6 Å². The number of benzene rings is 1. The van der Waals surface area contributed by atoms with E-state index in [1.165, 1.54) is 0 Å². The van der Waals surface area contributed by atoms with Gasteiger partial charge in [-0.05, 0) is 56.5 Å². The molecule has 1 aliphatic carbocycles. The average Bonchev–Trinajstić information content (AvgIpc) is 2.77. The summed E-state index contributed by atoms with van der Waals surface area (Å²) < 4.78 is 11.1. The first kappa shape index (κ1) is 22.6. The molecule has 7 nitrogen and oxygen atoms in total. The van der Waals surface area contributed by atoms with Crippen molar-refractivity contribution < 1.29 is 19.1 Å². The summed E-state index contributed by atoms with van der Waals surface area (Å²) in [5, 5.41) is 6.27. The summed E-state index contributed by atoms with van der Waals surface area (Å²) in [6.07, 6.45) is 1.19. The molecule has 1 amide bonds. The Hall–Kier alpha value is -3.61. The number of aromatic nitrogens is 1. The maximum Gasteiger partial charge on any atom is 0.255 e. The second-order valence-electron chi connectivity index (χ2n) is 8.65. The second-order valence-corrected chi connectivity index (χ2v) is 8.65. The molecule has 2 N–H and O–H groups in total. The molecule has 0 unspecified atom stereocenters. The van der Waals surface area contributed by atoms with Crippen LogP contribution in [0, 0.1) is 12.8 Å². The Balaban J connectivity index is 1.87. The summed E-state index contributed by atoms with van der Waals surface area (Å²) in [6, 6.07) is 10.9. The molecule has 0 fully saturated rings. The predicted octanol–water partition coefficient (Wildman–Crippen LogP) is 4.26. The van der Waals surface area contributed by atoms with Crippen LogP contribution in [0.1, 0.15) is 43.9 Å². The highest BCUT2D eigenvalue weighted by molar-refractivity contribution is 6.09. The van der Waals surface area contributed by atoms with E-state index in [9.17, 15) is 9.59 Å². The zero-order chi connectivity index (χ0) is 23.7. The van der Waals surface area contributed by atoms with Crippen LogP contribution in [0.4, 0.5) is 5.82 Å². The molecule has 0 spiro atoms. The number of hydrogen-bond donors (Lipinski definition) is 2. The molecule has 2 heterocycles. The van der Waals surface area contributed by atoms with Gasteiger partial charge in [0.2, 0.25) is 0 Å². The molecule has 33 heavy (non-hydrogen) atoms. The molecule has 172 valence electrons. The summed E-state index contributed by atoms with van der Waals surface area (Å²) >= 11 is 0. The summed E-state index contributed by atoms with van der Waals surface area (Å²) in [6.45, 7) is 5.80. The Bertz CT molecular complexity index is 1180. The number of Topliss-reactive ketones (excluding diaryl/α,β-unsaturated/α-hetero) is 1. The van der Waals surface area contributed by atoms with Gasteiger partial charge in [0.25, 0.3) is 5.91 Å². The SMILES string of the molecule is COc1ccc(OC)c([C@H]2C(C(=O)Nc3cccc(C)n3)=C(C)NC3=C2C(=O)C[C@H](C)C3)c1. The van der Waals surface area contributed by atoms with Gasteiger partial charge in [-0.25, -0.2) is 4.98 Å². The predicted molar refractivity (Wildman–Crippen MR) is 126 cm³/mol. The zero-order valence-electron chi connectivity index (χ0n) is 19.6. The average molecular weight is 448 g/mol. The monoisotopic (exact) mass is 447 g/mol. The zero-order valence-corrected chi connectivity index (χ0v) is 19.6. The molecule has 2 aliphatic rings. The minimum atomic E-state index is -0.587. The third-order valence-corrected chi connectivity index (χ3v) is 6.15. The second kappa shape index (κ2) is 9.10. The lowest BCUT2D eigenvalue weighted by molar-refractivity contribution is -0.117. The van der Waals surface area contributed by atoms with Gasteiger partial charge in [-0.2, -0.15) is 0 Å². The van der Waals surface area contributed by atoms with E-state index >= 15 is 0 Å². The number of pyridine rings is 1. The molecule has 0 saturated carbocycles. The van der Waals surface area contributed by atoms with E-state index in [0.717, 1.165) is 23.4 Å². The van der Waals surface area contributed by atoms with E-state index in [4.69, 9.17) is 9.47 Å². The molecule has 2 atom stereocenters. The fraction of sp³-hybridized carbons (Fsp3) is 0.346. The first-order valence-electron chi connectivity index (χ1n) is 11.0. The number of carbonyl (C=O) groups excluding carboxylic acids is 2. The maximum atomic E-state index is 13.6. The molecular weight excluding hydrogens is 418 g/mol. The molecule has 0 radical (unpaired) electrons. The van der Waals surface area contributed by atoms with Gasteiger partial charge in [0, 0.05) is 40.2 Å². The Kier molecular flexibility index (Phi) is 6.22. The number of nitrogens with zero attached hydrogens (tertiary/aromatic N) is 1. The lowest BCUT2D eigenvalue weighted by Gasteiger charge is -2.36. The number of methoxy groups -OCH3 is 2. The van der Waals surface area contributed by atoms with Crippen molar-refractivity contribution in [3.63, 3.8) is 0 Å². The Morgan fingerprint density at radius 3 is 2.61 bits per heavy atom. The van der Waals surface area contributed by atoms with Crippen molar-refractivity contribution in [2.75, 3.05) is 19.5 Å². The van der Waals surface area contributed by atoms with Gasteiger partial charge < -0.3 is 20.1 Å². The fourth-order valence-corrected chi connectivity index (χ4v) is 4.71. The van der Waals surface area contributed by atoms with Gasteiger partial charge in [0.15, 0.2) is 5.78 Å². The number of hydrogen-bond acceptors (Lipinski definition) is 6. The van der Waals surface area contributed by atoms with Crippen molar-refractivity contribution in [3.05, 3.63) is 70.2 Å². The minimum absolute atomic E-state index is 0.0394. The van der Waals surface area contributed by atoms with E-state index in [1.54, 1.807) is 32.4 Å². The number of nitrogens with one attached hydrogen (secondary N) is 2. The number of amides is 1. The highest BCUT2D eigenvalue weighted by atomic mass is 16.5. The summed E-state index contributed by atoms with van der Waals surface area (Å²) in [5.74, 6) is 1.05. The van der Waals surface area contributed by atoms with Crippen LogP contribution in [0.15, 0.2) is 58.9 Å². The topological polar surface area (TPSA) is 89.6 Å². The minimum Gasteiger partial charge on any atom is -0.497 e. The highest BCUT2D eigenvalue weighted by Gasteiger charge is 2.41. The Labute approximate surface area is 193 Å². The van der Waals surface area contributed by atoms with Crippen molar-refractivity contribution in [1.82, 2.24) is 10.3 Å². The standard InChI is InChI=1S/C26H29N3O4/c1-14-11-19-25(20(30)12-14)24(18-13-17(32-4)9-10-21(18)33-5)23(16(3)28-19)26(31)29-22-8-6-7-15(2)27-22/h6-10,13-14,24,28H,11-12H2,1-5H3,(H,27,29,31)/t14-,24+/m1/s1. The van der Waals surface area contributed by atoms with E-state index in [-0.39, 0.29) is 17.6 Å². The summed E-state index contributed by atoms with van der Waals surface area (Å²) in [4.78, 5) is 31.3. The molecule has 1 aliphatic heterocycles. The summed E-state index contributed by atoms with van der Waals surface area (Å²) in [7, 11) is 3.17. The molecule has 7 heteroatoms. The van der Waals surface area contributed by atoms with Crippen LogP contribution in [-0.4, -0.2) is 30.9 Å². The molecule has 1 aromatic carbocycles. The van der Waals surface area contributed by atoms with Crippen LogP contribution in [0.25, 0.3) is 0 Å². The number of rotatable bonds is 5. The smallest absolute Gasteiger partial charge is 0.255 e. The van der Waals surface area contributed by atoms with Crippen LogP contribution >= 0.6 is 0 Å². The van der Waals surface area contributed by atoms with Gasteiger partial charge in [-0.3, -0.25) is 9.59 Å². The third-order valence-electron chi connectivity index (χ3n) is 6.15. The van der Waals surface area contributed by atoms with Crippen LogP contribution in [0.5, 0.6) is 11.5 Å². The normalized spacial score (nSPS) is 20.2. The van der Waals surface area contributed by atoms with Crippen molar-refractivity contribution in [2.45, 2.75) is 39.5 Å². The van der Waals surface area contributed by atoms with Gasteiger partial charge in [-0.1, -0.05) is 13.0 Å². The van der Waals surface area contributed by atoms with Crippen molar-refractivity contribution >= 4 is 17.5 Å². The van der Waals surface area contributed by atoms with Crippen molar-refractivity contribution in [2.24, 2.45) is 5.92 Å². The number of carbonyl (C=O) groups is 2. The van der Waals surface area contributed by atoms with Crippen LogP contribution in [0.3, 0.4) is 0 Å². The van der Waals surface area contributed by atoms with Gasteiger partial charge in [0.05, 0.1) is 20.1 Å². The lowest BCUT2D eigenvalue weighted by atomic mass is 9.72. The molecule has 0 saturated heterocycles. The number of anilines is 1. The van der Waals surface area contributed by atoms with E-state index in [2.05, 4.69) is 22.5 Å². The lowest BCUT2D eigenvalue weighted by Crippen LogP contribution is -2.37. The number of dihydropyridines is 1. The quantitative estimate of drug-likeness (QED) is 0.712. The van der Waals surface area contributed by atoms with Crippen LogP contribution in [0.2, 0.25) is 0 Å². The number of aryl methyl sites for hydroxylation is 1. The molecule has 2 aromatic rings. The number of allylic oxidation sites excluding steroid dienone is 3. The van der Waals surface area contributed by atoms with Crippen LogP contribution in [-0.2, 0) is 9.59 Å². The Morgan fingerprint density at radius 2 is 1.91 bits per heavy atom. The van der Waals surface area contributed by atoms with E-state index < -0.39 is 5.92 Å². The molecule has 4 rings (SSSR count). The molecule has 1 aromatic heterocycles. The molecule has 0 bridgehead atoms. The third kappa shape index (κ3) is 4.35. The fourth-order valence-electron chi connectivity index (χ4n) is 4.71. The molecular formula is C26H29N3O4. The Morgan fingerprint density at radius 1 is 1.12 bits per heavy atom. The van der Waals surface area contributed by atoms with E-state index in [1.807, 2.05) is 32.0 Å². The van der Waals surface area contributed by atoms with Gasteiger partial charge in [0.1, 0.15) is 17.3 Å². The largest absolute Gasteiger partial charge is 0.497 e. The van der Waals surface area contributed by atoms with Crippen molar-refractivity contribution in [1.29, 1.82) is 0 Å². The first-order chi connectivity index (χ1) is 15.8. The number of ketones is 1. The van der Waals surface area contributed by atoms with Crippen LogP contribution < -0.4 is 20.1 Å². The highest BCUT2D eigenvalue weighted by Crippen LogP contribution is 2.46. The van der Waals surface area contributed by atoms with Gasteiger partial charge >= 0.3 is 0 Å². The first-order valence-corrected chi connectivity index (χ1v) is 11.0. The maximum absolute atomic E-state index is 13.6. The number of ether oxygens (including phenoxy) is 2.